The zero-order valence-corrected chi connectivity index (χ0v) is 9.12. The van der Waals surface area contributed by atoms with Gasteiger partial charge in [-0.15, -0.1) is 0 Å². The minimum absolute atomic E-state index is 0.0921. The summed E-state index contributed by atoms with van der Waals surface area (Å²) in [6.45, 7) is 0. The predicted molar refractivity (Wildman–Crippen MR) is 60.1 cm³/mol. The van der Waals surface area contributed by atoms with Gasteiger partial charge in [-0.1, -0.05) is 24.6 Å². The Hall–Kier alpha value is -1.02. The first-order valence-corrected chi connectivity index (χ1v) is 5.82. The van der Waals surface area contributed by atoms with E-state index in [1.807, 2.05) is 0 Å². The summed E-state index contributed by atoms with van der Waals surface area (Å²) in [7, 11) is 2.06. The van der Waals surface area contributed by atoms with Gasteiger partial charge in [-0.05, 0) is 32.4 Å². The lowest BCUT2D eigenvalue weighted by atomic mass is 9.76. The second-order valence-corrected chi connectivity index (χ2v) is 4.57. The van der Waals surface area contributed by atoms with Crippen LogP contribution in [0.5, 0.6) is 5.75 Å². The third kappa shape index (κ3) is 1.14. The van der Waals surface area contributed by atoms with Crippen LogP contribution in [0.25, 0.3) is 0 Å². The fraction of sp³-hybridized carbons (Fsp3) is 0.538. The van der Waals surface area contributed by atoms with Gasteiger partial charge in [0, 0.05) is 5.56 Å². The smallest absolute Gasteiger partial charge is 0.125 e. The Kier molecular flexibility index (Phi) is 1.99. The first-order valence-electron chi connectivity index (χ1n) is 5.82. The average molecular weight is 203 g/mol. The number of hydrogen-bond donors (Lipinski definition) is 1. The van der Waals surface area contributed by atoms with E-state index in [4.69, 9.17) is 4.74 Å². The van der Waals surface area contributed by atoms with Crippen molar-refractivity contribution in [2.45, 2.75) is 37.3 Å². The largest absolute Gasteiger partial charge is 0.488 e. The molecule has 1 fully saturated rings. The monoisotopic (exact) mass is 203 g/mol. The summed E-state index contributed by atoms with van der Waals surface area (Å²) in [5, 5.41) is 3.51. The summed E-state index contributed by atoms with van der Waals surface area (Å²) >= 11 is 0. The molecule has 1 N–H and O–H groups in total. The van der Waals surface area contributed by atoms with Crippen molar-refractivity contribution in [3.8, 4) is 5.75 Å². The second-order valence-electron chi connectivity index (χ2n) is 4.57. The lowest BCUT2D eigenvalue weighted by Crippen LogP contribution is -2.50. The number of rotatable bonds is 1. The molecule has 0 radical (unpaired) electrons. The molecule has 2 aliphatic rings. The fourth-order valence-electron chi connectivity index (χ4n) is 3.12. The van der Waals surface area contributed by atoms with Crippen LogP contribution in [0.2, 0.25) is 0 Å². The number of nitrogens with one attached hydrogen (secondary N) is 1. The molecule has 2 nitrogen and oxygen atoms in total. The lowest BCUT2D eigenvalue weighted by Gasteiger charge is -2.37. The summed E-state index contributed by atoms with van der Waals surface area (Å²) < 4.78 is 6.04. The third-order valence-corrected chi connectivity index (χ3v) is 3.92. The van der Waals surface area contributed by atoms with Crippen LogP contribution in [0.4, 0.5) is 0 Å². The predicted octanol–water partition coefficient (Wildman–Crippen LogP) is 2.44. The van der Waals surface area contributed by atoms with E-state index >= 15 is 0 Å². The van der Waals surface area contributed by atoms with Gasteiger partial charge >= 0.3 is 0 Å². The van der Waals surface area contributed by atoms with Gasteiger partial charge in [0.05, 0.1) is 5.54 Å². The van der Waals surface area contributed by atoms with Crippen LogP contribution in [-0.4, -0.2) is 13.2 Å². The number of likely N-dealkylation sites (N-methyl/N-ethyl adjacent to an activating group) is 1. The summed E-state index contributed by atoms with van der Waals surface area (Å²) in [5.74, 6) is 1.08. The average Bonchev–Trinajstić information content (AvgIpc) is 2.64. The number of para-hydroxylation sites is 1. The highest BCUT2D eigenvalue weighted by Gasteiger charge is 2.48. The normalized spacial score (nSPS) is 33.0. The van der Waals surface area contributed by atoms with E-state index in [9.17, 15) is 0 Å². The zero-order chi connectivity index (χ0) is 10.3. The van der Waals surface area contributed by atoms with Crippen LogP contribution >= 0.6 is 0 Å². The number of ether oxygens (including phenoxy) is 1. The number of hydrogen-bond acceptors (Lipinski definition) is 2. The molecule has 0 saturated heterocycles. The molecule has 1 saturated carbocycles. The Bertz CT molecular complexity index is 377. The SMILES string of the molecule is CNC12CCCCC1Oc1ccccc12. The van der Waals surface area contributed by atoms with Gasteiger partial charge in [0.25, 0.3) is 0 Å². The van der Waals surface area contributed by atoms with Crippen molar-refractivity contribution in [1.29, 1.82) is 0 Å². The summed E-state index contributed by atoms with van der Waals surface area (Å²) in [4.78, 5) is 0. The second kappa shape index (κ2) is 3.24. The van der Waals surface area contributed by atoms with E-state index in [-0.39, 0.29) is 5.54 Å². The first kappa shape index (κ1) is 9.22. The summed E-state index contributed by atoms with van der Waals surface area (Å²) in [5.41, 5.74) is 1.45. The number of benzene rings is 1. The molecule has 0 aromatic heterocycles. The van der Waals surface area contributed by atoms with Gasteiger partial charge < -0.3 is 10.1 Å². The van der Waals surface area contributed by atoms with Crippen LogP contribution in [0, 0.1) is 0 Å². The molecule has 0 spiro atoms. The molecule has 1 aromatic carbocycles. The van der Waals surface area contributed by atoms with Crippen LogP contribution < -0.4 is 10.1 Å². The number of fused-ring (bicyclic) bond motifs is 3. The van der Waals surface area contributed by atoms with Crippen LogP contribution in [0.1, 0.15) is 31.2 Å². The Morgan fingerprint density at radius 2 is 2.20 bits per heavy atom. The molecule has 1 aliphatic carbocycles. The van der Waals surface area contributed by atoms with Gasteiger partial charge in [0.1, 0.15) is 11.9 Å². The van der Waals surface area contributed by atoms with Crippen molar-refractivity contribution in [2.24, 2.45) is 0 Å². The molecule has 0 amide bonds. The quantitative estimate of drug-likeness (QED) is 0.757. The zero-order valence-electron chi connectivity index (χ0n) is 9.12. The Balaban J connectivity index is 2.11. The molecular weight excluding hydrogens is 186 g/mol. The van der Waals surface area contributed by atoms with E-state index in [1.54, 1.807) is 0 Å². The molecule has 3 rings (SSSR count). The van der Waals surface area contributed by atoms with Crippen molar-refractivity contribution in [1.82, 2.24) is 5.32 Å². The molecule has 0 bridgehead atoms. The van der Waals surface area contributed by atoms with Crippen molar-refractivity contribution in [3.05, 3.63) is 29.8 Å². The Morgan fingerprint density at radius 1 is 1.33 bits per heavy atom. The molecule has 2 atom stereocenters. The Labute approximate surface area is 90.6 Å². The highest BCUT2D eigenvalue weighted by atomic mass is 16.5. The fourth-order valence-corrected chi connectivity index (χ4v) is 3.12. The molecule has 1 heterocycles. The van der Waals surface area contributed by atoms with Crippen molar-refractivity contribution < 1.29 is 4.74 Å². The summed E-state index contributed by atoms with van der Waals surface area (Å²) in [6.07, 6.45) is 5.31. The van der Waals surface area contributed by atoms with E-state index in [1.165, 1.54) is 31.2 Å². The van der Waals surface area contributed by atoms with Gasteiger partial charge in [0.15, 0.2) is 0 Å². The highest BCUT2D eigenvalue weighted by Crippen LogP contribution is 2.48. The molecule has 1 aromatic rings. The van der Waals surface area contributed by atoms with Gasteiger partial charge in [-0.2, -0.15) is 0 Å². The van der Waals surface area contributed by atoms with Crippen molar-refractivity contribution >= 4 is 0 Å². The van der Waals surface area contributed by atoms with E-state index < -0.39 is 0 Å². The first-order chi connectivity index (χ1) is 7.37. The minimum atomic E-state index is 0.0921. The minimum Gasteiger partial charge on any atom is -0.488 e. The maximum atomic E-state index is 6.04. The maximum Gasteiger partial charge on any atom is 0.125 e. The summed E-state index contributed by atoms with van der Waals surface area (Å²) in [6, 6.07) is 8.46. The highest BCUT2D eigenvalue weighted by molar-refractivity contribution is 5.44. The lowest BCUT2D eigenvalue weighted by molar-refractivity contribution is 0.0815. The van der Waals surface area contributed by atoms with E-state index in [0.717, 1.165) is 5.75 Å². The molecule has 1 aliphatic heterocycles. The molecule has 2 unspecified atom stereocenters. The van der Waals surface area contributed by atoms with Gasteiger partial charge in [-0.3, -0.25) is 0 Å². The van der Waals surface area contributed by atoms with Crippen LogP contribution in [0.15, 0.2) is 24.3 Å². The topological polar surface area (TPSA) is 21.3 Å². The molecular formula is C13H17NO. The van der Waals surface area contributed by atoms with Gasteiger partial charge in [-0.25, -0.2) is 0 Å². The van der Waals surface area contributed by atoms with Gasteiger partial charge in [0.2, 0.25) is 0 Å². The van der Waals surface area contributed by atoms with Crippen molar-refractivity contribution in [2.75, 3.05) is 7.05 Å². The molecule has 15 heavy (non-hydrogen) atoms. The molecule has 80 valence electrons. The van der Waals surface area contributed by atoms with Crippen molar-refractivity contribution in [3.63, 3.8) is 0 Å². The maximum absolute atomic E-state index is 6.04. The Morgan fingerprint density at radius 3 is 3.07 bits per heavy atom. The van der Waals surface area contributed by atoms with Crippen LogP contribution in [0.3, 0.4) is 0 Å². The molecule has 2 heteroatoms. The standard InChI is InChI=1S/C13H17NO/c1-14-13-9-5-4-8-12(13)15-11-7-3-2-6-10(11)13/h2-3,6-7,12,14H,4-5,8-9H2,1H3. The van der Waals surface area contributed by atoms with E-state index in [0.29, 0.717) is 6.10 Å². The van der Waals surface area contributed by atoms with E-state index in [2.05, 4.69) is 36.6 Å². The third-order valence-electron chi connectivity index (χ3n) is 3.92. The van der Waals surface area contributed by atoms with Crippen LogP contribution in [-0.2, 0) is 5.54 Å².